The second kappa shape index (κ2) is 5.50. The monoisotopic (exact) mass is 324 g/mol. The molecule has 0 aliphatic rings. The molecule has 1 amide bonds. The lowest BCUT2D eigenvalue weighted by molar-refractivity contribution is 0.102. The first kappa shape index (κ1) is 13.1. The lowest BCUT2D eigenvalue weighted by atomic mass is 10.2. The number of nitrogens with one attached hydrogen (secondary N) is 1. The third-order valence-corrected chi connectivity index (χ3v) is 3.06. The average Bonchev–Trinajstić information content (AvgIpc) is 2.32. The molecule has 0 radical (unpaired) electrons. The van der Waals surface area contributed by atoms with E-state index in [0.717, 1.165) is 11.3 Å². The Morgan fingerprint density at radius 2 is 2.17 bits per heavy atom. The molecule has 5 heteroatoms. The van der Waals surface area contributed by atoms with Gasteiger partial charge in [-0.1, -0.05) is 23.7 Å². The molecule has 1 aromatic carbocycles. The summed E-state index contributed by atoms with van der Waals surface area (Å²) < 4.78 is 0.710. The normalized spacial score (nSPS) is 10.2. The van der Waals surface area contributed by atoms with E-state index in [4.69, 9.17) is 11.6 Å². The van der Waals surface area contributed by atoms with Crippen LogP contribution in [0.1, 0.15) is 15.9 Å². The number of benzene rings is 1. The minimum absolute atomic E-state index is 0.184. The number of hydrogen-bond acceptors (Lipinski definition) is 2. The van der Waals surface area contributed by atoms with Gasteiger partial charge in [-0.05, 0) is 46.6 Å². The van der Waals surface area contributed by atoms with Gasteiger partial charge in [0.15, 0.2) is 0 Å². The molecule has 0 fully saturated rings. The molecule has 0 bridgehead atoms. The van der Waals surface area contributed by atoms with Gasteiger partial charge in [-0.25, -0.2) is 4.98 Å². The highest BCUT2D eigenvalue weighted by Gasteiger charge is 2.12. The number of pyridine rings is 1. The topological polar surface area (TPSA) is 42.0 Å². The van der Waals surface area contributed by atoms with E-state index in [-0.39, 0.29) is 11.1 Å². The summed E-state index contributed by atoms with van der Waals surface area (Å²) in [5.41, 5.74) is 2.15. The maximum Gasteiger partial charge on any atom is 0.258 e. The Morgan fingerprint density at radius 1 is 1.39 bits per heavy atom. The van der Waals surface area contributed by atoms with Crippen molar-refractivity contribution in [3.8, 4) is 0 Å². The molecule has 0 unspecified atom stereocenters. The molecule has 1 heterocycles. The summed E-state index contributed by atoms with van der Waals surface area (Å²) in [5.74, 6) is -0.278. The van der Waals surface area contributed by atoms with Crippen molar-refractivity contribution in [1.82, 2.24) is 4.98 Å². The molecule has 0 aliphatic carbocycles. The fourth-order valence-electron chi connectivity index (χ4n) is 1.50. The predicted molar refractivity (Wildman–Crippen MR) is 76.1 cm³/mol. The number of aromatic nitrogens is 1. The number of carbonyl (C=O) groups excluding carboxylic acids is 1. The van der Waals surface area contributed by atoms with Crippen molar-refractivity contribution >= 4 is 39.1 Å². The minimum atomic E-state index is -0.278. The molecule has 0 spiro atoms. The Labute approximate surface area is 118 Å². The summed E-state index contributed by atoms with van der Waals surface area (Å²) in [6, 6.07) is 9.19. The summed E-state index contributed by atoms with van der Waals surface area (Å²) in [4.78, 5) is 16.0. The van der Waals surface area contributed by atoms with E-state index in [2.05, 4.69) is 26.2 Å². The van der Waals surface area contributed by atoms with Gasteiger partial charge in [-0.3, -0.25) is 4.79 Å². The third-order valence-electron chi connectivity index (χ3n) is 2.33. The van der Waals surface area contributed by atoms with E-state index in [0.29, 0.717) is 10.0 Å². The highest BCUT2D eigenvalue weighted by molar-refractivity contribution is 9.10. The largest absolute Gasteiger partial charge is 0.322 e. The van der Waals surface area contributed by atoms with Gasteiger partial charge in [0, 0.05) is 16.4 Å². The van der Waals surface area contributed by atoms with Crippen LogP contribution in [0.15, 0.2) is 41.0 Å². The Hall–Kier alpha value is -1.39. The Morgan fingerprint density at radius 3 is 2.89 bits per heavy atom. The van der Waals surface area contributed by atoms with Crippen LogP contribution in [-0.2, 0) is 0 Å². The van der Waals surface area contributed by atoms with Gasteiger partial charge in [0.05, 0.1) is 5.56 Å². The Bertz CT molecular complexity index is 601. The van der Waals surface area contributed by atoms with Gasteiger partial charge in [0.2, 0.25) is 0 Å². The van der Waals surface area contributed by atoms with Crippen LogP contribution in [-0.4, -0.2) is 10.9 Å². The zero-order chi connectivity index (χ0) is 13.1. The fourth-order valence-corrected chi connectivity index (χ4v) is 2.02. The number of anilines is 1. The average molecular weight is 326 g/mol. The van der Waals surface area contributed by atoms with E-state index in [1.807, 2.05) is 31.2 Å². The molecule has 1 N–H and O–H groups in total. The number of amides is 1. The number of halogens is 2. The third kappa shape index (κ3) is 3.09. The molecular formula is C13H10BrClN2O. The minimum Gasteiger partial charge on any atom is -0.322 e. The molecule has 1 aromatic heterocycles. The summed E-state index contributed by atoms with van der Waals surface area (Å²) in [5, 5.41) is 2.97. The first-order valence-corrected chi connectivity index (χ1v) is 6.42. The molecule has 0 saturated heterocycles. The second-order valence-electron chi connectivity index (χ2n) is 3.82. The van der Waals surface area contributed by atoms with E-state index in [9.17, 15) is 4.79 Å². The zero-order valence-corrected chi connectivity index (χ0v) is 11.9. The molecule has 2 rings (SSSR count). The Kier molecular flexibility index (Phi) is 3.99. The van der Waals surface area contributed by atoms with Crippen molar-refractivity contribution in [1.29, 1.82) is 0 Å². The molecular weight excluding hydrogens is 316 g/mol. The van der Waals surface area contributed by atoms with Gasteiger partial charge < -0.3 is 5.32 Å². The van der Waals surface area contributed by atoms with Crippen LogP contribution in [0.2, 0.25) is 5.15 Å². The molecule has 0 saturated carbocycles. The lowest BCUT2D eigenvalue weighted by Gasteiger charge is -2.07. The van der Waals surface area contributed by atoms with Crippen LogP contribution in [0.3, 0.4) is 0 Å². The van der Waals surface area contributed by atoms with Crippen molar-refractivity contribution in [3.63, 3.8) is 0 Å². The van der Waals surface area contributed by atoms with Crippen LogP contribution < -0.4 is 5.32 Å². The number of hydrogen-bond donors (Lipinski definition) is 1. The van der Waals surface area contributed by atoms with E-state index in [1.54, 1.807) is 12.3 Å². The fraction of sp³-hybridized carbons (Fsp3) is 0.0769. The van der Waals surface area contributed by atoms with Crippen molar-refractivity contribution < 1.29 is 4.79 Å². The summed E-state index contributed by atoms with van der Waals surface area (Å²) in [7, 11) is 0. The number of carbonyl (C=O) groups is 1. The van der Waals surface area contributed by atoms with Crippen LogP contribution in [0.4, 0.5) is 5.69 Å². The quantitative estimate of drug-likeness (QED) is 0.846. The zero-order valence-electron chi connectivity index (χ0n) is 9.58. The molecule has 3 nitrogen and oxygen atoms in total. The maximum absolute atomic E-state index is 12.0. The number of rotatable bonds is 2. The first-order chi connectivity index (χ1) is 8.56. The maximum atomic E-state index is 12.0. The number of aryl methyl sites for hydroxylation is 1. The summed E-state index contributed by atoms with van der Waals surface area (Å²) >= 11 is 9.16. The lowest BCUT2D eigenvalue weighted by Crippen LogP contribution is -2.13. The van der Waals surface area contributed by atoms with E-state index < -0.39 is 0 Å². The SMILES string of the molecule is Cc1cccc(NC(=O)c2cc(Br)cnc2Cl)c1. The van der Waals surface area contributed by atoms with Crippen molar-refractivity contribution in [3.05, 3.63) is 57.3 Å². The van der Waals surface area contributed by atoms with Gasteiger partial charge in [0.1, 0.15) is 5.15 Å². The van der Waals surface area contributed by atoms with Crippen LogP contribution in [0.5, 0.6) is 0 Å². The molecule has 0 aliphatic heterocycles. The van der Waals surface area contributed by atoms with Gasteiger partial charge in [-0.2, -0.15) is 0 Å². The number of nitrogens with zero attached hydrogens (tertiary/aromatic N) is 1. The summed E-state index contributed by atoms with van der Waals surface area (Å²) in [6.45, 7) is 1.96. The van der Waals surface area contributed by atoms with Crippen molar-refractivity contribution in [2.75, 3.05) is 5.32 Å². The molecule has 18 heavy (non-hydrogen) atoms. The van der Waals surface area contributed by atoms with Crippen LogP contribution >= 0.6 is 27.5 Å². The first-order valence-electron chi connectivity index (χ1n) is 5.25. The molecule has 92 valence electrons. The van der Waals surface area contributed by atoms with Crippen molar-refractivity contribution in [2.24, 2.45) is 0 Å². The van der Waals surface area contributed by atoms with E-state index >= 15 is 0 Å². The molecule has 2 aromatic rings. The van der Waals surface area contributed by atoms with Gasteiger partial charge >= 0.3 is 0 Å². The summed E-state index contributed by atoms with van der Waals surface area (Å²) in [6.07, 6.45) is 1.55. The van der Waals surface area contributed by atoms with Crippen LogP contribution in [0, 0.1) is 6.92 Å². The standard InChI is InChI=1S/C13H10BrClN2O/c1-8-3-2-4-10(5-8)17-13(18)11-6-9(14)7-16-12(11)15/h2-7H,1H3,(H,17,18). The highest BCUT2D eigenvalue weighted by atomic mass is 79.9. The smallest absolute Gasteiger partial charge is 0.258 e. The Balaban J connectivity index is 2.24. The van der Waals surface area contributed by atoms with Gasteiger partial charge in [-0.15, -0.1) is 0 Å². The van der Waals surface area contributed by atoms with E-state index in [1.165, 1.54) is 0 Å². The van der Waals surface area contributed by atoms with Gasteiger partial charge in [0.25, 0.3) is 5.91 Å². The second-order valence-corrected chi connectivity index (χ2v) is 5.09. The van der Waals surface area contributed by atoms with Crippen molar-refractivity contribution in [2.45, 2.75) is 6.92 Å². The predicted octanol–water partition coefficient (Wildman–Crippen LogP) is 4.06. The highest BCUT2D eigenvalue weighted by Crippen LogP contribution is 2.19. The van der Waals surface area contributed by atoms with Crippen LogP contribution in [0.25, 0.3) is 0 Å². The molecule has 0 atom stereocenters.